The second kappa shape index (κ2) is 6.76. The molecule has 131 valence electrons. The van der Waals surface area contributed by atoms with Crippen LogP contribution in [0.25, 0.3) is 0 Å². The van der Waals surface area contributed by atoms with Crippen LogP contribution in [0.1, 0.15) is 13.8 Å². The Morgan fingerprint density at radius 3 is 1.13 bits per heavy atom. The van der Waals surface area contributed by atoms with Gasteiger partial charge >= 0.3 is 24.0 Å². The zero-order valence-electron chi connectivity index (χ0n) is 11.6. The summed E-state index contributed by atoms with van der Waals surface area (Å²) in [5.41, 5.74) is -3.62. The van der Waals surface area contributed by atoms with E-state index in [1.807, 2.05) is 21.3 Å². The summed E-state index contributed by atoms with van der Waals surface area (Å²) in [4.78, 5) is 63.3. The van der Waals surface area contributed by atoms with Crippen LogP contribution in [0.2, 0.25) is 0 Å². The molecule has 0 aliphatic carbocycles. The van der Waals surface area contributed by atoms with Crippen molar-refractivity contribution < 1.29 is 61.4 Å². The van der Waals surface area contributed by atoms with Gasteiger partial charge in [0, 0.05) is 22.4 Å². The Bertz CT molecular complexity index is 556. The van der Waals surface area contributed by atoms with Crippen molar-refractivity contribution in [1.82, 2.24) is 21.3 Å². The number of carbonyl (C=O) groups is 6. The number of rotatable bonds is 2. The Morgan fingerprint density at radius 1 is 0.783 bits per heavy atom. The van der Waals surface area contributed by atoms with Crippen molar-refractivity contribution in [3.05, 3.63) is 0 Å². The SMILES string of the molecule is CC1(C(=O)O)NC(=O)NC1=O.CC1(C(=O)O)NC(=O)NC1=O.[Au]. The van der Waals surface area contributed by atoms with E-state index in [9.17, 15) is 28.8 Å². The summed E-state index contributed by atoms with van der Waals surface area (Å²) in [5, 5.41) is 24.6. The number of imide groups is 2. The molecule has 2 atom stereocenters. The normalized spacial score (nSPS) is 28.3. The molecule has 1 radical (unpaired) electrons. The molecule has 2 heterocycles. The van der Waals surface area contributed by atoms with Crippen LogP contribution in [-0.2, 0) is 41.6 Å². The van der Waals surface area contributed by atoms with Crippen LogP contribution in [0.15, 0.2) is 0 Å². The maximum absolute atomic E-state index is 10.8. The number of carboxylic acid groups (broad SMARTS) is 2. The molecule has 0 saturated carbocycles. The fraction of sp³-hybridized carbons (Fsp3) is 0.400. The Kier molecular flexibility index (Phi) is 6.05. The third-order valence-corrected chi connectivity index (χ3v) is 2.94. The maximum atomic E-state index is 10.8. The van der Waals surface area contributed by atoms with Crippen molar-refractivity contribution in [2.45, 2.75) is 24.9 Å². The van der Waals surface area contributed by atoms with Gasteiger partial charge < -0.3 is 20.8 Å². The van der Waals surface area contributed by atoms with Crippen molar-refractivity contribution in [3.63, 3.8) is 0 Å². The van der Waals surface area contributed by atoms with E-state index in [1.54, 1.807) is 0 Å². The Morgan fingerprint density at radius 2 is 1.04 bits per heavy atom. The van der Waals surface area contributed by atoms with Gasteiger partial charge in [-0.15, -0.1) is 0 Å². The van der Waals surface area contributed by atoms with Crippen LogP contribution in [0.3, 0.4) is 0 Å². The molecular formula is C10H12AuN4O8. The van der Waals surface area contributed by atoms with Gasteiger partial charge in [0.05, 0.1) is 0 Å². The molecule has 23 heavy (non-hydrogen) atoms. The summed E-state index contributed by atoms with van der Waals surface area (Å²) in [7, 11) is 0. The second-order valence-corrected chi connectivity index (χ2v) is 4.68. The van der Waals surface area contributed by atoms with Crippen molar-refractivity contribution in [2.24, 2.45) is 0 Å². The van der Waals surface area contributed by atoms with E-state index in [0.29, 0.717) is 0 Å². The summed E-state index contributed by atoms with van der Waals surface area (Å²) < 4.78 is 0. The first-order chi connectivity index (χ1) is 9.93. The molecule has 0 aromatic heterocycles. The van der Waals surface area contributed by atoms with Crippen LogP contribution in [-0.4, -0.2) is 57.1 Å². The van der Waals surface area contributed by atoms with E-state index >= 15 is 0 Å². The number of hydrogen-bond acceptors (Lipinski definition) is 6. The summed E-state index contributed by atoms with van der Waals surface area (Å²) in [6.45, 7) is 2.24. The third kappa shape index (κ3) is 3.85. The summed E-state index contributed by atoms with van der Waals surface area (Å²) >= 11 is 0. The van der Waals surface area contributed by atoms with Crippen molar-refractivity contribution in [3.8, 4) is 0 Å². The summed E-state index contributed by atoms with van der Waals surface area (Å²) in [5.74, 6) is -4.42. The minimum atomic E-state index is -1.81. The van der Waals surface area contributed by atoms with E-state index in [0.717, 1.165) is 13.8 Å². The number of urea groups is 2. The summed E-state index contributed by atoms with van der Waals surface area (Å²) in [6, 6.07) is -1.56. The van der Waals surface area contributed by atoms with Gasteiger partial charge in [0.25, 0.3) is 11.8 Å². The average molecular weight is 513 g/mol. The molecule has 2 saturated heterocycles. The van der Waals surface area contributed by atoms with Crippen LogP contribution >= 0.6 is 0 Å². The van der Waals surface area contributed by atoms with Crippen LogP contribution in [0.5, 0.6) is 0 Å². The van der Waals surface area contributed by atoms with Gasteiger partial charge in [-0.3, -0.25) is 20.2 Å². The van der Waals surface area contributed by atoms with Crippen molar-refractivity contribution in [2.75, 3.05) is 0 Å². The predicted octanol–water partition coefficient (Wildman–Crippen LogP) is -2.66. The number of amides is 6. The average Bonchev–Trinajstić information content (AvgIpc) is 2.78. The van der Waals surface area contributed by atoms with Gasteiger partial charge in [0.2, 0.25) is 11.1 Å². The maximum Gasteiger partial charge on any atom is 0.339 e. The number of aliphatic carboxylic acids is 2. The molecule has 0 spiro atoms. The van der Waals surface area contributed by atoms with Gasteiger partial charge in [-0.25, -0.2) is 19.2 Å². The molecule has 2 rings (SSSR count). The van der Waals surface area contributed by atoms with Crippen LogP contribution in [0, 0.1) is 0 Å². The van der Waals surface area contributed by atoms with Gasteiger partial charge in [0.1, 0.15) is 0 Å². The minimum Gasteiger partial charge on any atom is -0.479 e. The van der Waals surface area contributed by atoms with Crippen LogP contribution < -0.4 is 21.3 Å². The van der Waals surface area contributed by atoms with Crippen molar-refractivity contribution >= 4 is 35.8 Å². The standard InChI is InChI=1S/2C5H6N2O4.Au/c2*1-5(3(9)10)2(8)6-4(11)7-5;/h2*1H3,(H,9,10)(H2,6,7,8,11);. The molecule has 13 heteroatoms. The molecule has 12 nitrogen and oxygen atoms in total. The first-order valence-corrected chi connectivity index (χ1v) is 5.67. The molecule has 0 bridgehead atoms. The number of carboxylic acids is 2. The topological polar surface area (TPSA) is 191 Å². The number of hydrogen-bond donors (Lipinski definition) is 6. The molecule has 2 aliphatic rings. The van der Waals surface area contributed by atoms with Gasteiger partial charge in [-0.2, -0.15) is 0 Å². The number of nitrogens with one attached hydrogen (secondary N) is 4. The Balaban J connectivity index is 0.000000403. The molecule has 2 fully saturated rings. The molecule has 0 aromatic carbocycles. The summed E-state index contributed by atoms with van der Waals surface area (Å²) in [6.07, 6.45) is 0. The molecule has 2 aliphatic heterocycles. The fourth-order valence-corrected chi connectivity index (χ4v) is 1.39. The fourth-order valence-electron chi connectivity index (χ4n) is 1.39. The van der Waals surface area contributed by atoms with E-state index in [-0.39, 0.29) is 22.4 Å². The predicted molar refractivity (Wildman–Crippen MR) is 65.4 cm³/mol. The van der Waals surface area contributed by atoms with Gasteiger partial charge in [-0.1, -0.05) is 0 Å². The largest absolute Gasteiger partial charge is 0.479 e. The van der Waals surface area contributed by atoms with Gasteiger partial charge in [-0.05, 0) is 13.8 Å². The molecular weight excluding hydrogens is 501 g/mol. The molecule has 6 N–H and O–H groups in total. The van der Waals surface area contributed by atoms with E-state index in [4.69, 9.17) is 10.2 Å². The number of carbonyl (C=O) groups excluding carboxylic acids is 4. The zero-order valence-corrected chi connectivity index (χ0v) is 13.8. The van der Waals surface area contributed by atoms with E-state index < -0.39 is 46.9 Å². The molecule has 6 amide bonds. The van der Waals surface area contributed by atoms with E-state index in [1.165, 1.54) is 0 Å². The molecule has 2 unspecified atom stereocenters. The van der Waals surface area contributed by atoms with Crippen molar-refractivity contribution in [1.29, 1.82) is 0 Å². The zero-order chi connectivity index (χ0) is 17.3. The third-order valence-electron chi connectivity index (χ3n) is 2.94. The Labute approximate surface area is 143 Å². The second-order valence-electron chi connectivity index (χ2n) is 4.68. The van der Waals surface area contributed by atoms with E-state index in [2.05, 4.69) is 0 Å². The monoisotopic (exact) mass is 513 g/mol. The minimum absolute atomic E-state index is 0. The quantitative estimate of drug-likeness (QED) is 0.131. The first-order valence-electron chi connectivity index (χ1n) is 5.67. The first kappa shape index (κ1) is 20.6. The van der Waals surface area contributed by atoms with Gasteiger partial charge in [0.15, 0.2) is 0 Å². The smallest absolute Gasteiger partial charge is 0.339 e. The van der Waals surface area contributed by atoms with Crippen LogP contribution in [0.4, 0.5) is 9.59 Å². The Hall–Kier alpha value is -2.44. The molecule has 0 aromatic rings.